The summed E-state index contributed by atoms with van der Waals surface area (Å²) in [6, 6.07) is 7.41. The van der Waals surface area contributed by atoms with Gasteiger partial charge in [0.25, 0.3) is 0 Å². The Balaban J connectivity index is 1.47. The minimum atomic E-state index is -0.502. The number of fused-ring (bicyclic) bond motifs is 1. The molecule has 1 amide bonds. The summed E-state index contributed by atoms with van der Waals surface area (Å²) in [6.45, 7) is 5.91. The number of benzene rings is 1. The number of nitrogens with zero attached hydrogens (tertiary/aromatic N) is 1. The molecule has 0 atom stereocenters. The fourth-order valence-electron chi connectivity index (χ4n) is 3.57. The highest BCUT2D eigenvalue weighted by atomic mass is 16.6. The first-order chi connectivity index (χ1) is 14.2. The van der Waals surface area contributed by atoms with Crippen LogP contribution in [0.3, 0.4) is 0 Å². The van der Waals surface area contributed by atoms with Crippen molar-refractivity contribution in [2.75, 3.05) is 13.7 Å². The third-order valence-corrected chi connectivity index (χ3v) is 5.14. The summed E-state index contributed by atoms with van der Waals surface area (Å²) in [7, 11) is 1.60. The summed E-state index contributed by atoms with van der Waals surface area (Å²) in [5.41, 5.74) is 0.720. The maximum absolute atomic E-state index is 12.5. The van der Waals surface area contributed by atoms with Gasteiger partial charge >= 0.3 is 12.1 Å². The average Bonchev–Trinajstić information content (AvgIpc) is 2.70. The van der Waals surface area contributed by atoms with Crippen molar-refractivity contribution in [2.24, 2.45) is 5.92 Å². The molecule has 7 heteroatoms. The zero-order chi connectivity index (χ0) is 21.7. The zero-order valence-corrected chi connectivity index (χ0v) is 18.1. The van der Waals surface area contributed by atoms with Crippen molar-refractivity contribution in [3.63, 3.8) is 0 Å². The Kier molecular flexibility index (Phi) is 6.80. The first-order valence-electron chi connectivity index (χ1n) is 10.3. The van der Waals surface area contributed by atoms with Crippen LogP contribution in [-0.4, -0.2) is 42.4 Å². The van der Waals surface area contributed by atoms with Gasteiger partial charge in [-0.15, -0.1) is 0 Å². The predicted octanol–water partition coefficient (Wildman–Crippen LogP) is 4.48. The van der Waals surface area contributed by atoms with Gasteiger partial charge in [0, 0.05) is 17.6 Å². The standard InChI is InChI=1S/C23H30N2O5/c1-23(2,3)30-22(27)25-18-7-5-15(6-8-18)14-29-21(26)17-11-16-12-19(28-4)9-10-20(16)24-13-17/h9-13,15,18H,5-8,14H2,1-4H3,(H,25,27). The Hall–Kier alpha value is -2.83. The van der Waals surface area contributed by atoms with E-state index in [4.69, 9.17) is 14.2 Å². The highest BCUT2D eigenvalue weighted by Gasteiger charge is 2.25. The van der Waals surface area contributed by atoms with Gasteiger partial charge in [-0.25, -0.2) is 9.59 Å². The number of hydrogen-bond acceptors (Lipinski definition) is 6. The number of ether oxygens (including phenoxy) is 3. The van der Waals surface area contributed by atoms with Crippen molar-refractivity contribution in [2.45, 2.75) is 58.1 Å². The fraction of sp³-hybridized carbons (Fsp3) is 0.522. The van der Waals surface area contributed by atoms with E-state index in [1.165, 1.54) is 0 Å². The normalized spacial score (nSPS) is 19.2. The number of esters is 1. The molecule has 0 spiro atoms. The molecule has 30 heavy (non-hydrogen) atoms. The van der Waals surface area contributed by atoms with Gasteiger partial charge in [0.05, 0.1) is 24.8 Å². The SMILES string of the molecule is COc1ccc2ncc(C(=O)OCC3CCC(NC(=O)OC(C)(C)C)CC3)cc2c1. The van der Waals surface area contributed by atoms with E-state index < -0.39 is 5.60 Å². The first kappa shape index (κ1) is 21.9. The molecular weight excluding hydrogens is 384 g/mol. The summed E-state index contributed by atoms with van der Waals surface area (Å²) >= 11 is 0. The zero-order valence-electron chi connectivity index (χ0n) is 18.1. The number of amides is 1. The fourth-order valence-corrected chi connectivity index (χ4v) is 3.57. The lowest BCUT2D eigenvalue weighted by Crippen LogP contribution is -2.41. The van der Waals surface area contributed by atoms with Crippen LogP contribution in [-0.2, 0) is 9.47 Å². The molecule has 0 bridgehead atoms. The molecule has 2 aromatic rings. The van der Waals surface area contributed by atoms with Crippen LogP contribution in [0.25, 0.3) is 10.9 Å². The van der Waals surface area contributed by atoms with Crippen molar-refractivity contribution in [3.8, 4) is 5.75 Å². The summed E-state index contributed by atoms with van der Waals surface area (Å²) in [6.07, 6.45) is 4.64. The molecule has 0 saturated heterocycles. The Bertz CT molecular complexity index is 898. The topological polar surface area (TPSA) is 86.8 Å². The maximum atomic E-state index is 12.5. The molecule has 0 aliphatic heterocycles. The predicted molar refractivity (Wildman–Crippen MR) is 114 cm³/mol. The molecule has 1 aliphatic rings. The first-order valence-corrected chi connectivity index (χ1v) is 10.3. The highest BCUT2D eigenvalue weighted by Crippen LogP contribution is 2.26. The molecule has 1 aliphatic carbocycles. The number of carbonyl (C=O) groups excluding carboxylic acids is 2. The Morgan fingerprint density at radius 3 is 2.53 bits per heavy atom. The molecule has 0 radical (unpaired) electrons. The number of nitrogens with one attached hydrogen (secondary N) is 1. The molecule has 1 fully saturated rings. The highest BCUT2D eigenvalue weighted by molar-refractivity contribution is 5.93. The Morgan fingerprint density at radius 2 is 1.87 bits per heavy atom. The average molecular weight is 415 g/mol. The molecule has 1 N–H and O–H groups in total. The van der Waals surface area contributed by atoms with Gasteiger partial charge in [-0.1, -0.05) is 0 Å². The summed E-state index contributed by atoms with van der Waals surface area (Å²) in [5.74, 6) is 0.631. The van der Waals surface area contributed by atoms with E-state index in [2.05, 4.69) is 10.3 Å². The smallest absolute Gasteiger partial charge is 0.407 e. The summed E-state index contributed by atoms with van der Waals surface area (Å²) < 4.78 is 16.1. The number of methoxy groups -OCH3 is 1. The minimum absolute atomic E-state index is 0.103. The molecule has 162 valence electrons. The van der Waals surface area contributed by atoms with Crippen LogP contribution in [0, 0.1) is 5.92 Å². The number of aromatic nitrogens is 1. The lowest BCUT2D eigenvalue weighted by Gasteiger charge is -2.29. The maximum Gasteiger partial charge on any atom is 0.407 e. The van der Waals surface area contributed by atoms with Crippen molar-refractivity contribution in [1.29, 1.82) is 0 Å². The second-order valence-electron chi connectivity index (χ2n) is 8.74. The molecule has 1 aromatic heterocycles. The van der Waals surface area contributed by atoms with Gasteiger partial charge in [-0.05, 0) is 76.6 Å². The van der Waals surface area contributed by atoms with Gasteiger partial charge in [0.1, 0.15) is 11.4 Å². The third-order valence-electron chi connectivity index (χ3n) is 5.14. The van der Waals surface area contributed by atoms with Crippen LogP contribution < -0.4 is 10.1 Å². The van der Waals surface area contributed by atoms with Crippen LogP contribution in [0.5, 0.6) is 5.75 Å². The van der Waals surface area contributed by atoms with Gasteiger partial charge in [0.15, 0.2) is 0 Å². The monoisotopic (exact) mass is 414 g/mol. The summed E-state index contributed by atoms with van der Waals surface area (Å²) in [4.78, 5) is 28.7. The lowest BCUT2D eigenvalue weighted by molar-refractivity contribution is 0.0386. The van der Waals surface area contributed by atoms with E-state index in [9.17, 15) is 9.59 Å². The van der Waals surface area contributed by atoms with E-state index in [1.54, 1.807) is 19.4 Å². The molecular formula is C23H30N2O5. The van der Waals surface area contributed by atoms with Crippen LogP contribution in [0.2, 0.25) is 0 Å². The van der Waals surface area contributed by atoms with Crippen molar-refractivity contribution in [3.05, 3.63) is 36.0 Å². The van der Waals surface area contributed by atoms with Crippen molar-refractivity contribution in [1.82, 2.24) is 10.3 Å². The van der Waals surface area contributed by atoms with E-state index >= 15 is 0 Å². The minimum Gasteiger partial charge on any atom is -0.497 e. The molecule has 3 rings (SSSR count). The van der Waals surface area contributed by atoms with Crippen LogP contribution >= 0.6 is 0 Å². The number of hydrogen-bond donors (Lipinski definition) is 1. The molecule has 1 saturated carbocycles. The second kappa shape index (κ2) is 9.32. The van der Waals surface area contributed by atoms with Crippen LogP contribution in [0.4, 0.5) is 4.79 Å². The lowest BCUT2D eigenvalue weighted by atomic mass is 9.86. The van der Waals surface area contributed by atoms with Crippen LogP contribution in [0.15, 0.2) is 30.5 Å². The molecule has 1 aromatic carbocycles. The van der Waals surface area contributed by atoms with Gasteiger partial charge in [-0.2, -0.15) is 0 Å². The number of rotatable bonds is 5. The Labute approximate surface area is 177 Å². The largest absolute Gasteiger partial charge is 0.497 e. The third kappa shape index (κ3) is 6.08. The molecule has 0 unspecified atom stereocenters. The number of pyridine rings is 1. The van der Waals surface area contributed by atoms with E-state index in [0.29, 0.717) is 23.8 Å². The van der Waals surface area contributed by atoms with Crippen LogP contribution in [0.1, 0.15) is 56.8 Å². The molecule has 7 nitrogen and oxygen atoms in total. The second-order valence-corrected chi connectivity index (χ2v) is 8.74. The van der Waals surface area contributed by atoms with Gasteiger partial charge < -0.3 is 19.5 Å². The quantitative estimate of drug-likeness (QED) is 0.726. The van der Waals surface area contributed by atoms with E-state index in [-0.39, 0.29) is 18.1 Å². The van der Waals surface area contributed by atoms with Gasteiger partial charge in [-0.3, -0.25) is 4.98 Å². The Morgan fingerprint density at radius 1 is 1.13 bits per heavy atom. The van der Waals surface area contributed by atoms with Crippen molar-refractivity contribution < 1.29 is 23.8 Å². The van der Waals surface area contributed by atoms with Gasteiger partial charge in [0.2, 0.25) is 0 Å². The number of carbonyl (C=O) groups is 2. The number of alkyl carbamates (subject to hydrolysis) is 1. The van der Waals surface area contributed by atoms with E-state index in [0.717, 1.165) is 36.6 Å². The van der Waals surface area contributed by atoms with E-state index in [1.807, 2.05) is 39.0 Å². The molecule has 1 heterocycles. The summed E-state index contributed by atoms with van der Waals surface area (Å²) in [5, 5.41) is 3.76. The van der Waals surface area contributed by atoms with Crippen molar-refractivity contribution >= 4 is 23.0 Å².